The van der Waals surface area contributed by atoms with Crippen molar-refractivity contribution in [2.24, 2.45) is 5.10 Å². The van der Waals surface area contributed by atoms with Crippen LogP contribution in [0.1, 0.15) is 81.5 Å². The van der Waals surface area contributed by atoms with Gasteiger partial charge in [0.25, 0.3) is 0 Å². The molecule has 0 bridgehead atoms. The fourth-order valence-electron chi connectivity index (χ4n) is 6.94. The van der Waals surface area contributed by atoms with Crippen molar-refractivity contribution in [3.05, 3.63) is 64.7 Å². The first kappa shape index (κ1) is 41.4. The number of nitrogens with zero attached hydrogens (tertiary/aromatic N) is 4. The van der Waals surface area contributed by atoms with E-state index in [0.29, 0.717) is 43.6 Å². The van der Waals surface area contributed by atoms with Crippen LogP contribution in [0, 0.1) is 20.8 Å². The predicted molar refractivity (Wildman–Crippen MR) is 198 cm³/mol. The molecule has 2 aromatic rings. The van der Waals surface area contributed by atoms with E-state index in [4.69, 9.17) is 14.3 Å². The van der Waals surface area contributed by atoms with Gasteiger partial charge in [0.1, 0.15) is 31.4 Å². The number of hydroxylamine groups is 3. The van der Waals surface area contributed by atoms with Gasteiger partial charge in [-0.25, -0.2) is 9.63 Å². The van der Waals surface area contributed by atoms with Gasteiger partial charge in [0.2, 0.25) is 5.91 Å². The number of quaternary nitrogens is 1. The zero-order valence-corrected chi connectivity index (χ0v) is 31.8. The molecule has 0 aliphatic carbocycles. The fraction of sp³-hybridized carbons (Fsp3) is 0.590. The van der Waals surface area contributed by atoms with Crippen molar-refractivity contribution in [3.8, 4) is 5.75 Å². The quantitative estimate of drug-likeness (QED) is 0.239. The zero-order valence-electron chi connectivity index (χ0n) is 31.8. The highest BCUT2D eigenvalue weighted by Crippen LogP contribution is 2.25. The highest BCUT2D eigenvalue weighted by Gasteiger charge is 2.38. The van der Waals surface area contributed by atoms with Gasteiger partial charge in [-0.2, -0.15) is 9.75 Å². The molecular formula is C39H60N5O7+. The number of hydrogen-bond donors (Lipinski definition) is 2. The van der Waals surface area contributed by atoms with Crippen LogP contribution in [-0.4, -0.2) is 115 Å². The van der Waals surface area contributed by atoms with Gasteiger partial charge >= 0.3 is 6.09 Å². The summed E-state index contributed by atoms with van der Waals surface area (Å²) in [7, 11) is 1.86. The molecule has 3 heterocycles. The highest BCUT2D eigenvalue weighted by atomic mass is 16.7. The number of ether oxygens (including phenoxy) is 2. The average Bonchev–Trinajstić information content (AvgIpc) is 3.13. The summed E-state index contributed by atoms with van der Waals surface area (Å²) in [5.74, 6) is 0.688. The standard InChI is InChI=1S/C18H22N4O4.C12H26NO2.C9H12O/c1-13(23)12-26-18(25)21-9-7-15(8-10-21)22-11-16(24)19-17(20-22)14-5-3-2-4-6-14;1-4-8-13(14-3,9-5-2)12-6-10-15-11-7-12;1-6-4-7(2)9(10)8(3)5-6/h2-6,15H,7-12H2,1H3,(H,19,20,24);12H,4-11H2,1-3H3;4-5,10H,1-3H3/q;+1;. The molecule has 0 radical (unpaired) electrons. The van der Waals surface area contributed by atoms with Gasteiger partial charge < -0.3 is 24.8 Å². The van der Waals surface area contributed by atoms with Crippen molar-refractivity contribution >= 4 is 23.6 Å². The third kappa shape index (κ3) is 12.6. The number of amidine groups is 1. The topological polar surface area (TPSA) is 130 Å². The first-order valence-corrected chi connectivity index (χ1v) is 18.3. The minimum absolute atomic E-state index is 0.0802. The third-order valence-corrected chi connectivity index (χ3v) is 9.44. The number of aromatic hydroxyl groups is 1. The number of carbonyl (C=O) groups excluding carboxylic acids is 3. The third-order valence-electron chi connectivity index (χ3n) is 9.44. The maximum atomic E-state index is 12.1. The Balaban J connectivity index is 0.000000236. The lowest BCUT2D eigenvalue weighted by Crippen LogP contribution is -2.57. The predicted octanol–water partition coefficient (Wildman–Crippen LogP) is 5.65. The monoisotopic (exact) mass is 710 g/mol. The lowest BCUT2D eigenvalue weighted by Gasteiger charge is -2.42. The molecular weight excluding hydrogens is 650 g/mol. The Morgan fingerprint density at radius 3 is 2.10 bits per heavy atom. The van der Waals surface area contributed by atoms with Crippen molar-refractivity contribution in [2.75, 3.05) is 59.7 Å². The first-order chi connectivity index (χ1) is 24.4. The number of amides is 2. The Morgan fingerprint density at radius 1 is 0.980 bits per heavy atom. The van der Waals surface area contributed by atoms with Crippen molar-refractivity contribution in [2.45, 2.75) is 92.2 Å². The Kier molecular flexibility index (Phi) is 16.9. The number of ketones is 1. The van der Waals surface area contributed by atoms with Crippen LogP contribution >= 0.6 is 0 Å². The molecule has 0 atom stereocenters. The molecule has 51 heavy (non-hydrogen) atoms. The summed E-state index contributed by atoms with van der Waals surface area (Å²) < 4.78 is 11.2. The summed E-state index contributed by atoms with van der Waals surface area (Å²) in [6, 6.07) is 14.2. The molecule has 3 aliphatic heterocycles. The number of hydrogen-bond acceptors (Lipinski definition) is 9. The van der Waals surface area contributed by atoms with Gasteiger partial charge in [0, 0.05) is 31.5 Å². The maximum Gasteiger partial charge on any atom is 0.410 e. The van der Waals surface area contributed by atoms with E-state index in [0.717, 1.165) is 60.5 Å². The van der Waals surface area contributed by atoms with E-state index in [1.54, 1.807) is 9.91 Å². The lowest BCUT2D eigenvalue weighted by atomic mass is 10.0. The van der Waals surface area contributed by atoms with Gasteiger partial charge in [-0.15, -0.1) is 0 Å². The van der Waals surface area contributed by atoms with E-state index < -0.39 is 6.09 Å². The molecule has 282 valence electrons. The number of nitrogens with one attached hydrogen (secondary N) is 1. The second kappa shape index (κ2) is 20.8. The average molecular weight is 711 g/mol. The molecule has 0 unspecified atom stereocenters. The molecule has 12 nitrogen and oxygen atoms in total. The summed E-state index contributed by atoms with van der Waals surface area (Å²) in [5, 5.41) is 18.5. The molecule has 2 saturated heterocycles. The smallest absolute Gasteiger partial charge is 0.410 e. The highest BCUT2D eigenvalue weighted by molar-refractivity contribution is 6.09. The number of likely N-dealkylation sites (tertiary alicyclic amines) is 1. The summed E-state index contributed by atoms with van der Waals surface area (Å²) in [5.41, 5.74) is 3.97. The van der Waals surface area contributed by atoms with E-state index >= 15 is 0 Å². The van der Waals surface area contributed by atoms with Crippen LogP contribution in [0.15, 0.2) is 47.6 Å². The summed E-state index contributed by atoms with van der Waals surface area (Å²) in [6.45, 7) is 16.8. The minimum atomic E-state index is -0.469. The van der Waals surface area contributed by atoms with Crippen molar-refractivity contribution in [1.82, 2.24) is 15.2 Å². The van der Waals surface area contributed by atoms with Gasteiger partial charge in [0.15, 0.2) is 18.2 Å². The van der Waals surface area contributed by atoms with Crippen LogP contribution in [-0.2, 0) is 23.9 Å². The SMILES string of the molecule is CC(=O)COC(=O)N1CCC(N2CC(=O)NC(c3ccccc3)=N2)CC1.CCC[N+](CCC)(OC)C1CCOCC1.Cc1cc(C)c(O)c(C)c1. The molecule has 0 spiro atoms. The number of piperidine rings is 1. The molecule has 2 fully saturated rings. The number of benzene rings is 2. The van der Waals surface area contributed by atoms with Crippen LogP contribution in [0.2, 0.25) is 0 Å². The Morgan fingerprint density at radius 2 is 1.57 bits per heavy atom. The number of rotatable bonds is 10. The second-order valence-corrected chi connectivity index (χ2v) is 13.6. The first-order valence-electron chi connectivity index (χ1n) is 18.3. The minimum Gasteiger partial charge on any atom is -0.507 e. The van der Waals surface area contributed by atoms with E-state index in [1.165, 1.54) is 25.3 Å². The van der Waals surface area contributed by atoms with Gasteiger partial charge in [-0.05, 0) is 64.5 Å². The zero-order chi connectivity index (χ0) is 37.4. The van der Waals surface area contributed by atoms with Crippen LogP contribution in [0.25, 0.3) is 0 Å². The molecule has 5 rings (SSSR count). The molecule has 2 N–H and O–H groups in total. The number of phenols is 1. The van der Waals surface area contributed by atoms with Crippen molar-refractivity contribution < 1.29 is 38.4 Å². The molecule has 2 amide bonds. The Labute approximate surface area is 304 Å². The van der Waals surface area contributed by atoms with Crippen molar-refractivity contribution in [1.29, 1.82) is 0 Å². The number of phenolic OH excluding ortho intramolecular Hbond substituents is 1. The maximum absolute atomic E-state index is 12.1. The molecule has 0 aromatic heterocycles. The number of hydrazone groups is 1. The molecule has 0 saturated carbocycles. The van der Waals surface area contributed by atoms with Gasteiger partial charge in [-0.1, -0.05) is 61.9 Å². The summed E-state index contributed by atoms with van der Waals surface area (Å²) in [6.07, 6.45) is 5.57. The fourth-order valence-corrected chi connectivity index (χ4v) is 6.94. The molecule has 3 aliphatic rings. The lowest BCUT2D eigenvalue weighted by molar-refractivity contribution is -1.12. The second-order valence-electron chi connectivity index (χ2n) is 13.6. The van der Waals surface area contributed by atoms with Crippen molar-refractivity contribution in [3.63, 3.8) is 0 Å². The van der Waals surface area contributed by atoms with Crippen LogP contribution in [0.3, 0.4) is 0 Å². The molecule has 2 aromatic carbocycles. The van der Waals surface area contributed by atoms with Gasteiger partial charge in [0.05, 0.1) is 26.4 Å². The van der Waals surface area contributed by atoms with Gasteiger partial charge in [-0.3, -0.25) is 14.6 Å². The Bertz CT molecular complexity index is 1410. The number of carbonyl (C=O) groups is 3. The Hall–Kier alpha value is -4.00. The largest absolute Gasteiger partial charge is 0.507 e. The number of Topliss-reactive ketones (excluding diaryl/α,β-unsaturated/α-hetero) is 1. The molecule has 12 heteroatoms. The normalized spacial score (nSPS) is 16.9. The summed E-state index contributed by atoms with van der Waals surface area (Å²) in [4.78, 5) is 42.3. The van der Waals surface area contributed by atoms with Crippen LogP contribution in [0.4, 0.5) is 4.79 Å². The number of aryl methyl sites for hydroxylation is 3. The van der Waals surface area contributed by atoms with E-state index in [9.17, 15) is 19.5 Å². The van der Waals surface area contributed by atoms with Crippen LogP contribution < -0.4 is 5.32 Å². The van der Waals surface area contributed by atoms with Crippen LogP contribution in [0.5, 0.6) is 5.75 Å². The van der Waals surface area contributed by atoms with E-state index in [-0.39, 0.29) is 30.9 Å². The van der Waals surface area contributed by atoms with E-state index in [1.807, 2.05) is 70.3 Å². The summed E-state index contributed by atoms with van der Waals surface area (Å²) >= 11 is 0. The van der Waals surface area contributed by atoms with E-state index in [2.05, 4.69) is 24.3 Å².